The van der Waals surface area contributed by atoms with Crippen LogP contribution in [0.1, 0.15) is 27.2 Å². The topological polar surface area (TPSA) is 39.7 Å². The van der Waals surface area contributed by atoms with Gasteiger partial charge in [0.1, 0.15) is 0 Å². The lowest BCUT2D eigenvalue weighted by Gasteiger charge is -2.14. The summed E-state index contributed by atoms with van der Waals surface area (Å²) in [6.07, 6.45) is 1.10. The summed E-state index contributed by atoms with van der Waals surface area (Å²) >= 11 is 0. The van der Waals surface area contributed by atoms with Crippen LogP contribution in [0.3, 0.4) is 0 Å². The fourth-order valence-corrected chi connectivity index (χ4v) is 1.17. The van der Waals surface area contributed by atoms with Gasteiger partial charge in [-0.1, -0.05) is 0 Å². The molecule has 0 fully saturated rings. The molecule has 0 saturated carbocycles. The zero-order valence-electron chi connectivity index (χ0n) is 11.2. The van der Waals surface area contributed by atoms with Gasteiger partial charge in [-0.3, -0.25) is 4.99 Å². The van der Waals surface area contributed by atoms with Crippen LogP contribution in [0.25, 0.3) is 0 Å². The third-order valence-corrected chi connectivity index (χ3v) is 1.80. The molecule has 0 amide bonds. The summed E-state index contributed by atoms with van der Waals surface area (Å²) in [6.45, 7) is 9.19. The molecule has 0 rings (SSSR count). The standard InChI is InChI=1S/C11H26N4.HI/c1-6-12-11(14-10(2)3)13-8-7-9-15(4)5;/h10H,6-9H2,1-5H3,(H2,12,13,14);1H. The molecule has 2 N–H and O–H groups in total. The molecule has 0 heterocycles. The van der Waals surface area contributed by atoms with Gasteiger partial charge in [0.2, 0.25) is 0 Å². The second kappa shape index (κ2) is 11.4. The van der Waals surface area contributed by atoms with Gasteiger partial charge in [-0.05, 0) is 47.8 Å². The fourth-order valence-electron chi connectivity index (χ4n) is 1.17. The summed E-state index contributed by atoms with van der Waals surface area (Å²) in [5.41, 5.74) is 0. The predicted molar refractivity (Wildman–Crippen MR) is 82.8 cm³/mol. The molecule has 0 radical (unpaired) electrons. The quantitative estimate of drug-likeness (QED) is 0.333. The van der Waals surface area contributed by atoms with E-state index in [-0.39, 0.29) is 24.0 Å². The van der Waals surface area contributed by atoms with Crippen molar-refractivity contribution in [1.29, 1.82) is 0 Å². The van der Waals surface area contributed by atoms with E-state index >= 15 is 0 Å². The molecular formula is C11H27IN4. The Morgan fingerprint density at radius 1 is 1.31 bits per heavy atom. The molecule has 0 aromatic heterocycles. The van der Waals surface area contributed by atoms with Crippen molar-refractivity contribution >= 4 is 29.9 Å². The summed E-state index contributed by atoms with van der Waals surface area (Å²) in [6, 6.07) is 0.427. The van der Waals surface area contributed by atoms with Crippen LogP contribution in [-0.4, -0.2) is 50.6 Å². The van der Waals surface area contributed by atoms with Gasteiger partial charge in [0.05, 0.1) is 0 Å². The van der Waals surface area contributed by atoms with Crippen LogP contribution >= 0.6 is 24.0 Å². The van der Waals surface area contributed by atoms with Gasteiger partial charge in [0.25, 0.3) is 0 Å². The molecule has 0 atom stereocenters. The monoisotopic (exact) mass is 342 g/mol. The van der Waals surface area contributed by atoms with Crippen LogP contribution < -0.4 is 10.6 Å². The maximum absolute atomic E-state index is 4.49. The van der Waals surface area contributed by atoms with Gasteiger partial charge in [0.15, 0.2) is 5.96 Å². The van der Waals surface area contributed by atoms with Gasteiger partial charge in [0, 0.05) is 19.1 Å². The zero-order chi connectivity index (χ0) is 11.7. The predicted octanol–water partition coefficient (Wildman–Crippen LogP) is 1.52. The van der Waals surface area contributed by atoms with E-state index in [9.17, 15) is 0 Å². The van der Waals surface area contributed by atoms with Crippen LogP contribution in [0.4, 0.5) is 0 Å². The lowest BCUT2D eigenvalue weighted by atomic mass is 10.4. The Morgan fingerprint density at radius 2 is 1.94 bits per heavy atom. The Balaban J connectivity index is 0. The van der Waals surface area contributed by atoms with Crippen LogP contribution in [0.15, 0.2) is 4.99 Å². The first-order valence-electron chi connectivity index (χ1n) is 5.75. The zero-order valence-corrected chi connectivity index (χ0v) is 13.5. The van der Waals surface area contributed by atoms with E-state index in [0.717, 1.165) is 32.0 Å². The van der Waals surface area contributed by atoms with Crippen molar-refractivity contribution in [3.8, 4) is 0 Å². The van der Waals surface area contributed by atoms with Gasteiger partial charge in [-0.2, -0.15) is 0 Å². The molecule has 0 aromatic rings. The molecule has 0 bridgehead atoms. The minimum Gasteiger partial charge on any atom is -0.357 e. The van der Waals surface area contributed by atoms with Crippen LogP contribution in [0.5, 0.6) is 0 Å². The molecule has 16 heavy (non-hydrogen) atoms. The number of hydrogen-bond acceptors (Lipinski definition) is 2. The minimum atomic E-state index is 0. The van der Waals surface area contributed by atoms with Crippen LogP contribution in [-0.2, 0) is 0 Å². The maximum atomic E-state index is 4.49. The van der Waals surface area contributed by atoms with E-state index in [4.69, 9.17) is 0 Å². The summed E-state index contributed by atoms with van der Waals surface area (Å²) in [7, 11) is 4.17. The highest BCUT2D eigenvalue weighted by Crippen LogP contribution is 1.86. The van der Waals surface area contributed by atoms with Crippen molar-refractivity contribution in [2.75, 3.05) is 33.7 Å². The SMILES string of the molecule is CCNC(=NCCCN(C)C)NC(C)C.I. The van der Waals surface area contributed by atoms with E-state index in [2.05, 4.69) is 55.4 Å². The van der Waals surface area contributed by atoms with Gasteiger partial charge < -0.3 is 15.5 Å². The van der Waals surface area contributed by atoms with Crippen molar-refractivity contribution in [3.05, 3.63) is 0 Å². The molecule has 0 saturated heterocycles. The molecule has 0 aromatic carbocycles. The summed E-state index contributed by atoms with van der Waals surface area (Å²) < 4.78 is 0. The third-order valence-electron chi connectivity index (χ3n) is 1.80. The molecule has 5 heteroatoms. The van der Waals surface area contributed by atoms with Gasteiger partial charge in [-0.25, -0.2) is 0 Å². The van der Waals surface area contributed by atoms with E-state index < -0.39 is 0 Å². The summed E-state index contributed by atoms with van der Waals surface area (Å²) in [4.78, 5) is 6.67. The molecule has 4 nitrogen and oxygen atoms in total. The molecule has 0 aliphatic carbocycles. The Kier molecular flexibility index (Phi) is 13.1. The summed E-state index contributed by atoms with van der Waals surface area (Å²) in [5.74, 6) is 0.922. The van der Waals surface area contributed by atoms with Crippen LogP contribution in [0.2, 0.25) is 0 Å². The van der Waals surface area contributed by atoms with E-state index in [0.29, 0.717) is 6.04 Å². The van der Waals surface area contributed by atoms with Crippen molar-refractivity contribution in [2.45, 2.75) is 33.2 Å². The molecule has 0 spiro atoms. The number of nitrogens with one attached hydrogen (secondary N) is 2. The second-order valence-electron chi connectivity index (χ2n) is 4.22. The Morgan fingerprint density at radius 3 is 2.38 bits per heavy atom. The highest BCUT2D eigenvalue weighted by molar-refractivity contribution is 14.0. The summed E-state index contributed by atoms with van der Waals surface area (Å²) in [5, 5.41) is 6.52. The first kappa shape index (κ1) is 18.3. The lowest BCUT2D eigenvalue weighted by Crippen LogP contribution is -2.41. The normalized spacial score (nSPS) is 11.6. The molecule has 98 valence electrons. The van der Waals surface area contributed by atoms with Crippen molar-refractivity contribution in [2.24, 2.45) is 4.99 Å². The number of aliphatic imine (C=N–C) groups is 1. The van der Waals surface area contributed by atoms with Crippen molar-refractivity contribution in [3.63, 3.8) is 0 Å². The van der Waals surface area contributed by atoms with Crippen molar-refractivity contribution < 1.29 is 0 Å². The fraction of sp³-hybridized carbons (Fsp3) is 0.909. The van der Waals surface area contributed by atoms with Crippen molar-refractivity contribution in [1.82, 2.24) is 15.5 Å². The Labute approximate surface area is 117 Å². The highest BCUT2D eigenvalue weighted by Gasteiger charge is 1.98. The number of nitrogens with zero attached hydrogens (tertiary/aromatic N) is 2. The highest BCUT2D eigenvalue weighted by atomic mass is 127. The number of rotatable bonds is 6. The van der Waals surface area contributed by atoms with Gasteiger partial charge >= 0.3 is 0 Å². The van der Waals surface area contributed by atoms with E-state index in [1.807, 2.05) is 0 Å². The molecule has 0 aliphatic rings. The number of halogens is 1. The number of guanidine groups is 1. The minimum absolute atomic E-state index is 0. The third kappa shape index (κ3) is 12.0. The first-order chi connectivity index (χ1) is 7.06. The molecular weight excluding hydrogens is 315 g/mol. The average Bonchev–Trinajstić information content (AvgIpc) is 2.11. The first-order valence-corrected chi connectivity index (χ1v) is 5.75. The number of hydrogen-bond donors (Lipinski definition) is 2. The Bertz CT molecular complexity index is 181. The van der Waals surface area contributed by atoms with E-state index in [1.54, 1.807) is 0 Å². The maximum Gasteiger partial charge on any atom is 0.191 e. The Hall–Kier alpha value is -0.0400. The average molecular weight is 342 g/mol. The largest absolute Gasteiger partial charge is 0.357 e. The van der Waals surface area contributed by atoms with Gasteiger partial charge in [-0.15, -0.1) is 24.0 Å². The molecule has 0 aliphatic heterocycles. The lowest BCUT2D eigenvalue weighted by molar-refractivity contribution is 0.403. The second-order valence-corrected chi connectivity index (χ2v) is 4.22. The van der Waals surface area contributed by atoms with E-state index in [1.165, 1.54) is 0 Å². The van der Waals surface area contributed by atoms with Crippen LogP contribution in [0, 0.1) is 0 Å². The molecule has 0 unspecified atom stereocenters. The smallest absolute Gasteiger partial charge is 0.191 e.